The number of benzene rings is 1. The van der Waals surface area contributed by atoms with Crippen molar-refractivity contribution in [1.29, 1.82) is 0 Å². The summed E-state index contributed by atoms with van der Waals surface area (Å²) >= 11 is 0. The lowest BCUT2D eigenvalue weighted by molar-refractivity contribution is 0.286. The van der Waals surface area contributed by atoms with E-state index in [0.717, 1.165) is 18.0 Å². The molecule has 0 bridgehead atoms. The molecule has 0 spiro atoms. The van der Waals surface area contributed by atoms with Gasteiger partial charge < -0.3 is 10.1 Å². The number of aromatic nitrogens is 3. The van der Waals surface area contributed by atoms with Gasteiger partial charge in [0, 0.05) is 12.7 Å². The number of nitrogens with one attached hydrogen (secondary N) is 1. The third-order valence-corrected chi connectivity index (χ3v) is 3.38. The van der Waals surface area contributed by atoms with Gasteiger partial charge in [-0.05, 0) is 44.5 Å². The Morgan fingerprint density at radius 2 is 1.95 bits per heavy atom. The van der Waals surface area contributed by atoms with Gasteiger partial charge in [-0.3, -0.25) is 0 Å². The lowest BCUT2D eigenvalue weighted by Gasteiger charge is -2.13. The van der Waals surface area contributed by atoms with Crippen LogP contribution in [0.1, 0.15) is 22.4 Å². The van der Waals surface area contributed by atoms with Crippen LogP contribution in [0.15, 0.2) is 18.3 Å². The second-order valence-corrected chi connectivity index (χ2v) is 5.01. The molecule has 0 atom stereocenters. The first-order valence-electron chi connectivity index (χ1n) is 6.85. The van der Waals surface area contributed by atoms with Crippen molar-refractivity contribution in [2.45, 2.75) is 33.9 Å². The van der Waals surface area contributed by atoms with Gasteiger partial charge in [-0.1, -0.05) is 17.3 Å². The van der Waals surface area contributed by atoms with Crippen molar-refractivity contribution in [1.82, 2.24) is 20.3 Å². The van der Waals surface area contributed by atoms with E-state index in [2.05, 4.69) is 48.5 Å². The van der Waals surface area contributed by atoms with Gasteiger partial charge in [0.05, 0.1) is 12.2 Å². The largest absolute Gasteiger partial charge is 0.491 e. The SMILES string of the molecule is CNCc1cn(CCOc2c(C)ccc(C)c2C)nn1. The van der Waals surface area contributed by atoms with Crippen LogP contribution in [-0.2, 0) is 13.1 Å². The molecule has 1 heterocycles. The Labute approximate surface area is 120 Å². The number of ether oxygens (including phenoxy) is 1. The zero-order valence-corrected chi connectivity index (χ0v) is 12.6. The molecule has 2 rings (SSSR count). The maximum atomic E-state index is 5.92. The van der Waals surface area contributed by atoms with Gasteiger partial charge in [0.15, 0.2) is 0 Å². The second kappa shape index (κ2) is 6.52. The van der Waals surface area contributed by atoms with Crippen LogP contribution in [0.2, 0.25) is 0 Å². The number of hydrogen-bond acceptors (Lipinski definition) is 4. The van der Waals surface area contributed by atoms with Gasteiger partial charge in [-0.15, -0.1) is 5.10 Å². The van der Waals surface area contributed by atoms with E-state index < -0.39 is 0 Å². The van der Waals surface area contributed by atoms with E-state index in [0.29, 0.717) is 13.2 Å². The van der Waals surface area contributed by atoms with E-state index >= 15 is 0 Å². The summed E-state index contributed by atoms with van der Waals surface area (Å²) in [6, 6.07) is 4.22. The van der Waals surface area contributed by atoms with Crippen LogP contribution in [0.4, 0.5) is 0 Å². The highest BCUT2D eigenvalue weighted by molar-refractivity contribution is 5.44. The molecule has 0 aliphatic heterocycles. The summed E-state index contributed by atoms with van der Waals surface area (Å²) in [5.41, 5.74) is 4.57. The summed E-state index contributed by atoms with van der Waals surface area (Å²) in [7, 11) is 1.89. The quantitative estimate of drug-likeness (QED) is 0.875. The summed E-state index contributed by atoms with van der Waals surface area (Å²) in [5.74, 6) is 0.987. The van der Waals surface area contributed by atoms with Crippen molar-refractivity contribution in [3.8, 4) is 5.75 Å². The fourth-order valence-corrected chi connectivity index (χ4v) is 2.10. The van der Waals surface area contributed by atoms with Gasteiger partial charge in [0.2, 0.25) is 0 Å². The van der Waals surface area contributed by atoms with Gasteiger partial charge in [0.25, 0.3) is 0 Å². The summed E-state index contributed by atoms with van der Waals surface area (Å²) < 4.78 is 7.73. The highest BCUT2D eigenvalue weighted by Gasteiger charge is 2.06. The Kier molecular flexibility index (Phi) is 4.74. The molecule has 0 unspecified atom stereocenters. The summed E-state index contributed by atoms with van der Waals surface area (Å²) in [4.78, 5) is 0. The van der Waals surface area contributed by atoms with E-state index in [1.54, 1.807) is 0 Å². The van der Waals surface area contributed by atoms with Crippen molar-refractivity contribution in [3.05, 3.63) is 40.7 Å². The summed E-state index contributed by atoms with van der Waals surface area (Å²) in [5, 5.41) is 11.2. The van der Waals surface area contributed by atoms with Crippen molar-refractivity contribution in [3.63, 3.8) is 0 Å². The van der Waals surface area contributed by atoms with Crippen molar-refractivity contribution >= 4 is 0 Å². The molecular formula is C15H22N4O. The molecule has 1 aromatic carbocycles. The molecule has 1 aromatic heterocycles. The number of nitrogens with zero attached hydrogens (tertiary/aromatic N) is 3. The maximum absolute atomic E-state index is 5.92. The first kappa shape index (κ1) is 14.5. The molecule has 2 aromatic rings. The molecule has 0 saturated heterocycles. The minimum absolute atomic E-state index is 0.591. The van der Waals surface area contributed by atoms with Crippen molar-refractivity contribution in [2.24, 2.45) is 0 Å². The Morgan fingerprint density at radius 1 is 1.20 bits per heavy atom. The topological polar surface area (TPSA) is 52.0 Å². The highest BCUT2D eigenvalue weighted by Crippen LogP contribution is 2.25. The zero-order valence-electron chi connectivity index (χ0n) is 12.6. The molecule has 0 radical (unpaired) electrons. The molecular weight excluding hydrogens is 252 g/mol. The van der Waals surface area contributed by atoms with Gasteiger partial charge in [-0.2, -0.15) is 0 Å². The number of hydrogen-bond donors (Lipinski definition) is 1. The second-order valence-electron chi connectivity index (χ2n) is 5.01. The molecule has 5 heteroatoms. The smallest absolute Gasteiger partial charge is 0.125 e. The monoisotopic (exact) mass is 274 g/mol. The molecule has 0 amide bonds. The van der Waals surface area contributed by atoms with E-state index in [-0.39, 0.29) is 0 Å². The van der Waals surface area contributed by atoms with Crippen LogP contribution in [0.3, 0.4) is 0 Å². The van der Waals surface area contributed by atoms with Crippen LogP contribution in [0.5, 0.6) is 5.75 Å². The summed E-state index contributed by atoms with van der Waals surface area (Å²) in [6.45, 7) is 8.29. The average molecular weight is 274 g/mol. The van der Waals surface area contributed by atoms with Gasteiger partial charge >= 0.3 is 0 Å². The molecule has 20 heavy (non-hydrogen) atoms. The van der Waals surface area contributed by atoms with Crippen LogP contribution in [-0.4, -0.2) is 28.6 Å². The lowest BCUT2D eigenvalue weighted by atomic mass is 10.1. The van der Waals surface area contributed by atoms with Crippen LogP contribution in [0.25, 0.3) is 0 Å². The van der Waals surface area contributed by atoms with Crippen molar-refractivity contribution in [2.75, 3.05) is 13.7 Å². The maximum Gasteiger partial charge on any atom is 0.125 e. The minimum Gasteiger partial charge on any atom is -0.491 e. The molecule has 5 nitrogen and oxygen atoms in total. The van der Waals surface area contributed by atoms with Crippen molar-refractivity contribution < 1.29 is 4.74 Å². The van der Waals surface area contributed by atoms with E-state index in [4.69, 9.17) is 4.74 Å². The van der Waals surface area contributed by atoms with Gasteiger partial charge in [-0.25, -0.2) is 4.68 Å². The predicted molar refractivity (Wildman–Crippen MR) is 78.9 cm³/mol. The molecule has 1 N–H and O–H groups in total. The zero-order chi connectivity index (χ0) is 14.5. The Balaban J connectivity index is 1.94. The first-order valence-corrected chi connectivity index (χ1v) is 6.85. The van der Waals surface area contributed by atoms with Crippen LogP contribution >= 0.6 is 0 Å². The number of aryl methyl sites for hydroxylation is 2. The van der Waals surface area contributed by atoms with Crippen LogP contribution in [0, 0.1) is 20.8 Å². The van der Waals surface area contributed by atoms with Crippen LogP contribution < -0.4 is 10.1 Å². The average Bonchev–Trinajstić information content (AvgIpc) is 2.86. The normalized spacial score (nSPS) is 10.8. The fourth-order valence-electron chi connectivity index (χ4n) is 2.10. The van der Waals surface area contributed by atoms with Gasteiger partial charge in [0.1, 0.15) is 12.4 Å². The standard InChI is InChI=1S/C15H22N4O/c1-11-5-6-12(2)15(13(11)3)20-8-7-19-10-14(9-16-4)17-18-19/h5-6,10,16H,7-9H2,1-4H3. The third kappa shape index (κ3) is 3.36. The third-order valence-electron chi connectivity index (χ3n) is 3.38. The molecule has 0 saturated carbocycles. The first-order chi connectivity index (χ1) is 9.61. The Hall–Kier alpha value is -1.88. The van der Waals surface area contributed by atoms with E-state index in [1.807, 2.05) is 17.9 Å². The number of rotatable bonds is 6. The molecule has 108 valence electrons. The Bertz CT molecular complexity index is 577. The molecule has 0 fully saturated rings. The minimum atomic E-state index is 0.591. The Morgan fingerprint density at radius 3 is 2.70 bits per heavy atom. The van der Waals surface area contributed by atoms with E-state index in [1.165, 1.54) is 16.7 Å². The predicted octanol–water partition coefficient (Wildman–Crippen LogP) is 2.00. The molecule has 0 aliphatic rings. The van der Waals surface area contributed by atoms with E-state index in [9.17, 15) is 0 Å². The lowest BCUT2D eigenvalue weighted by Crippen LogP contribution is -2.10. The summed E-state index contributed by atoms with van der Waals surface area (Å²) in [6.07, 6.45) is 1.94. The fraction of sp³-hybridized carbons (Fsp3) is 0.467. The highest BCUT2D eigenvalue weighted by atomic mass is 16.5. The molecule has 0 aliphatic carbocycles.